The minimum absolute atomic E-state index is 0.111. The molecule has 2 aromatic rings. The van der Waals surface area contributed by atoms with E-state index in [0.29, 0.717) is 9.99 Å². The molecule has 0 amide bonds. The number of pyridine rings is 1. The van der Waals surface area contributed by atoms with Crippen LogP contribution in [0.1, 0.15) is 5.56 Å². The second-order valence-electron chi connectivity index (χ2n) is 2.99. The van der Waals surface area contributed by atoms with Gasteiger partial charge in [0, 0.05) is 16.1 Å². The largest absolute Gasteiger partial charge is 0.417 e. The maximum Gasteiger partial charge on any atom is 0.417 e. The van der Waals surface area contributed by atoms with Gasteiger partial charge in [0.1, 0.15) is 0 Å². The lowest BCUT2D eigenvalue weighted by Crippen LogP contribution is -2.06. The minimum Gasteiger partial charge on any atom is -0.255 e. The van der Waals surface area contributed by atoms with E-state index in [1.54, 1.807) is 12.1 Å². The number of halogens is 4. The van der Waals surface area contributed by atoms with Gasteiger partial charge in [0.25, 0.3) is 0 Å². The fourth-order valence-electron chi connectivity index (χ4n) is 1.39. The van der Waals surface area contributed by atoms with Crippen LogP contribution >= 0.6 is 15.9 Å². The predicted molar refractivity (Wildman–Crippen MR) is 54.4 cm³/mol. The van der Waals surface area contributed by atoms with Crippen molar-refractivity contribution in [2.24, 2.45) is 0 Å². The van der Waals surface area contributed by atoms with Gasteiger partial charge < -0.3 is 0 Å². The first-order chi connectivity index (χ1) is 7.00. The summed E-state index contributed by atoms with van der Waals surface area (Å²) >= 11 is 3.17. The van der Waals surface area contributed by atoms with Gasteiger partial charge in [-0.3, -0.25) is 4.98 Å². The molecule has 0 bridgehead atoms. The normalized spacial score (nSPS) is 12.0. The quantitative estimate of drug-likeness (QED) is 0.708. The SMILES string of the molecule is FC(F)(F)c1ccnc2c(Br)cccc12. The van der Waals surface area contributed by atoms with E-state index in [1.807, 2.05) is 0 Å². The molecule has 0 fully saturated rings. The molecule has 15 heavy (non-hydrogen) atoms. The Kier molecular flexibility index (Phi) is 2.42. The first kappa shape index (κ1) is 10.4. The Bertz CT molecular complexity index is 507. The van der Waals surface area contributed by atoms with Gasteiger partial charge in [-0.25, -0.2) is 0 Å². The Morgan fingerprint density at radius 2 is 1.87 bits per heavy atom. The van der Waals surface area contributed by atoms with Crippen molar-refractivity contribution < 1.29 is 13.2 Å². The Balaban J connectivity index is 2.83. The van der Waals surface area contributed by atoms with Gasteiger partial charge in [-0.2, -0.15) is 13.2 Å². The maximum atomic E-state index is 12.6. The monoisotopic (exact) mass is 275 g/mol. The first-order valence-electron chi connectivity index (χ1n) is 4.10. The molecule has 1 aromatic heterocycles. The number of aromatic nitrogens is 1. The fraction of sp³-hybridized carbons (Fsp3) is 0.100. The van der Waals surface area contributed by atoms with Crippen molar-refractivity contribution in [1.29, 1.82) is 0 Å². The minimum atomic E-state index is -4.35. The van der Waals surface area contributed by atoms with Crippen molar-refractivity contribution in [1.82, 2.24) is 4.98 Å². The standard InChI is InChI=1S/C10H5BrF3N/c11-8-3-1-2-6-7(10(12,13)14)4-5-15-9(6)8/h1-5H. The van der Waals surface area contributed by atoms with Gasteiger partial charge in [0.15, 0.2) is 0 Å². The molecule has 2 rings (SSSR count). The summed E-state index contributed by atoms with van der Waals surface area (Å²) in [6.07, 6.45) is -3.18. The van der Waals surface area contributed by atoms with E-state index in [2.05, 4.69) is 20.9 Å². The number of nitrogens with zero attached hydrogens (tertiary/aromatic N) is 1. The summed E-state index contributed by atoms with van der Waals surface area (Å²) in [5, 5.41) is 0.111. The second kappa shape index (κ2) is 3.48. The highest BCUT2D eigenvalue weighted by Crippen LogP contribution is 2.35. The van der Waals surface area contributed by atoms with Crippen LogP contribution in [0, 0.1) is 0 Å². The molecular weight excluding hydrogens is 271 g/mol. The highest BCUT2D eigenvalue weighted by atomic mass is 79.9. The Hall–Kier alpha value is -1.10. The Labute approximate surface area is 92.1 Å². The van der Waals surface area contributed by atoms with Crippen LogP contribution in [0.25, 0.3) is 10.9 Å². The topological polar surface area (TPSA) is 12.9 Å². The van der Waals surface area contributed by atoms with Gasteiger partial charge in [0.05, 0.1) is 11.1 Å². The average molecular weight is 276 g/mol. The van der Waals surface area contributed by atoms with Crippen molar-refractivity contribution in [2.45, 2.75) is 6.18 Å². The number of hydrogen-bond donors (Lipinski definition) is 0. The van der Waals surface area contributed by atoms with E-state index >= 15 is 0 Å². The zero-order valence-electron chi connectivity index (χ0n) is 7.35. The van der Waals surface area contributed by atoms with Crippen LogP contribution in [-0.4, -0.2) is 4.98 Å². The molecule has 5 heteroatoms. The molecule has 0 saturated heterocycles. The molecule has 1 nitrogen and oxygen atoms in total. The van der Waals surface area contributed by atoms with Crippen molar-refractivity contribution in [2.75, 3.05) is 0 Å². The summed E-state index contributed by atoms with van der Waals surface area (Å²) in [5.74, 6) is 0. The molecule has 0 saturated carbocycles. The van der Waals surface area contributed by atoms with Crippen LogP contribution in [-0.2, 0) is 6.18 Å². The summed E-state index contributed by atoms with van der Waals surface area (Å²) in [4.78, 5) is 3.91. The first-order valence-corrected chi connectivity index (χ1v) is 4.90. The van der Waals surface area contributed by atoms with E-state index in [4.69, 9.17) is 0 Å². The fourth-order valence-corrected chi connectivity index (χ4v) is 1.86. The molecule has 0 N–H and O–H groups in total. The zero-order chi connectivity index (χ0) is 11.1. The lowest BCUT2D eigenvalue weighted by molar-refractivity contribution is -0.136. The molecule has 0 unspecified atom stereocenters. The highest BCUT2D eigenvalue weighted by Gasteiger charge is 2.32. The number of benzene rings is 1. The zero-order valence-corrected chi connectivity index (χ0v) is 8.93. The number of para-hydroxylation sites is 1. The maximum absolute atomic E-state index is 12.6. The summed E-state index contributed by atoms with van der Waals surface area (Å²) in [6, 6.07) is 5.61. The van der Waals surface area contributed by atoms with E-state index in [0.717, 1.165) is 12.3 Å². The molecule has 0 spiro atoms. The molecule has 1 heterocycles. The summed E-state index contributed by atoms with van der Waals surface area (Å²) in [5.41, 5.74) is -0.332. The van der Waals surface area contributed by atoms with Crippen LogP contribution < -0.4 is 0 Å². The van der Waals surface area contributed by atoms with Gasteiger partial charge in [0.2, 0.25) is 0 Å². The van der Waals surface area contributed by atoms with Crippen molar-refractivity contribution >= 4 is 26.8 Å². The lowest BCUT2D eigenvalue weighted by Gasteiger charge is -2.09. The van der Waals surface area contributed by atoms with E-state index in [-0.39, 0.29) is 5.39 Å². The van der Waals surface area contributed by atoms with Crippen LogP contribution in [0.15, 0.2) is 34.9 Å². The van der Waals surface area contributed by atoms with Gasteiger partial charge in [-0.05, 0) is 28.1 Å². The lowest BCUT2D eigenvalue weighted by atomic mass is 10.1. The molecule has 0 aliphatic rings. The number of hydrogen-bond acceptors (Lipinski definition) is 1. The van der Waals surface area contributed by atoms with Gasteiger partial charge in [-0.15, -0.1) is 0 Å². The summed E-state index contributed by atoms with van der Waals surface area (Å²) < 4.78 is 38.4. The molecular formula is C10H5BrF3N. The smallest absolute Gasteiger partial charge is 0.255 e. The Morgan fingerprint density at radius 1 is 1.13 bits per heavy atom. The third-order valence-corrected chi connectivity index (χ3v) is 2.67. The summed E-state index contributed by atoms with van der Waals surface area (Å²) in [6.45, 7) is 0. The van der Waals surface area contributed by atoms with Crippen LogP contribution in [0.2, 0.25) is 0 Å². The molecule has 1 aromatic carbocycles. The molecule has 78 valence electrons. The molecule has 0 aliphatic heterocycles. The average Bonchev–Trinajstić information content (AvgIpc) is 2.16. The third kappa shape index (κ3) is 1.84. The van der Waals surface area contributed by atoms with Crippen LogP contribution in [0.3, 0.4) is 0 Å². The van der Waals surface area contributed by atoms with E-state index in [1.165, 1.54) is 6.07 Å². The molecule has 0 radical (unpaired) electrons. The Morgan fingerprint density at radius 3 is 2.53 bits per heavy atom. The predicted octanol–water partition coefficient (Wildman–Crippen LogP) is 4.02. The van der Waals surface area contributed by atoms with Gasteiger partial charge in [-0.1, -0.05) is 12.1 Å². The highest BCUT2D eigenvalue weighted by molar-refractivity contribution is 9.10. The van der Waals surface area contributed by atoms with Crippen molar-refractivity contribution in [3.63, 3.8) is 0 Å². The molecule has 0 atom stereocenters. The van der Waals surface area contributed by atoms with Crippen LogP contribution in [0.4, 0.5) is 13.2 Å². The third-order valence-electron chi connectivity index (χ3n) is 2.03. The molecule has 0 aliphatic carbocycles. The van der Waals surface area contributed by atoms with Crippen molar-refractivity contribution in [3.8, 4) is 0 Å². The second-order valence-corrected chi connectivity index (χ2v) is 3.85. The number of alkyl halides is 3. The van der Waals surface area contributed by atoms with Gasteiger partial charge >= 0.3 is 6.18 Å². The van der Waals surface area contributed by atoms with Crippen molar-refractivity contribution in [3.05, 3.63) is 40.5 Å². The van der Waals surface area contributed by atoms with Crippen LogP contribution in [0.5, 0.6) is 0 Å². The van der Waals surface area contributed by atoms with E-state index < -0.39 is 11.7 Å². The van der Waals surface area contributed by atoms with E-state index in [9.17, 15) is 13.2 Å². The summed E-state index contributed by atoms with van der Waals surface area (Å²) in [7, 11) is 0. The number of rotatable bonds is 0. The number of fused-ring (bicyclic) bond motifs is 1.